The number of carbonyl (C=O) groups excluding carboxylic acids is 2. The summed E-state index contributed by atoms with van der Waals surface area (Å²) in [4.78, 5) is 23.5. The summed E-state index contributed by atoms with van der Waals surface area (Å²) in [6, 6.07) is 9.21. The van der Waals surface area contributed by atoms with Gasteiger partial charge in [0, 0.05) is 7.11 Å². The van der Waals surface area contributed by atoms with Crippen LogP contribution in [0.25, 0.3) is 0 Å². The number of amides is 1. The van der Waals surface area contributed by atoms with E-state index in [1.165, 1.54) is 14.2 Å². The molecule has 0 saturated heterocycles. The maximum absolute atomic E-state index is 13.0. The molecule has 1 aromatic carbocycles. The van der Waals surface area contributed by atoms with Gasteiger partial charge in [-0.3, -0.25) is 9.36 Å². The van der Waals surface area contributed by atoms with Gasteiger partial charge in [0.1, 0.15) is 18.9 Å². The number of benzene rings is 1. The molecule has 2 atom stereocenters. The van der Waals surface area contributed by atoms with E-state index in [9.17, 15) is 14.2 Å². The first-order valence-electron chi connectivity index (χ1n) is 8.25. The van der Waals surface area contributed by atoms with Crippen molar-refractivity contribution in [2.45, 2.75) is 32.7 Å². The van der Waals surface area contributed by atoms with Crippen LogP contribution >= 0.6 is 7.52 Å². The smallest absolute Gasteiger partial charge is 0.408 e. The summed E-state index contributed by atoms with van der Waals surface area (Å²) < 4.78 is 27.9. The molecule has 1 amide bonds. The highest BCUT2D eigenvalue weighted by Gasteiger charge is 2.36. The average molecular weight is 386 g/mol. The van der Waals surface area contributed by atoms with Crippen molar-refractivity contribution in [3.63, 3.8) is 0 Å². The average Bonchev–Trinajstić information content (AvgIpc) is 2.64. The van der Waals surface area contributed by atoms with Gasteiger partial charge in [-0.05, 0) is 17.9 Å². The van der Waals surface area contributed by atoms with Gasteiger partial charge in [0.2, 0.25) is 0 Å². The zero-order valence-electron chi connectivity index (χ0n) is 15.6. The van der Waals surface area contributed by atoms with Gasteiger partial charge in [-0.2, -0.15) is 0 Å². The topological polar surface area (TPSA) is 103 Å². The highest BCUT2D eigenvalue weighted by Crippen LogP contribution is 2.47. The number of hydrogen-bond acceptors (Lipinski definition) is 6. The summed E-state index contributed by atoms with van der Waals surface area (Å²) >= 11 is 0. The molecule has 0 saturated carbocycles. The van der Waals surface area contributed by atoms with Crippen molar-refractivity contribution in [2.75, 3.05) is 20.8 Å². The van der Waals surface area contributed by atoms with Gasteiger partial charge in [0.05, 0.1) is 7.11 Å². The van der Waals surface area contributed by atoms with E-state index in [4.69, 9.17) is 9.26 Å². The minimum Gasteiger partial charge on any atom is -0.468 e. The fraction of sp³-hybridized carbons (Fsp3) is 0.529. The molecule has 0 aliphatic carbocycles. The molecule has 0 radical (unpaired) electrons. The Bertz CT molecular complexity index is 623. The molecule has 1 rings (SSSR count). The minimum absolute atomic E-state index is 0.0912. The third-order valence-electron chi connectivity index (χ3n) is 3.54. The van der Waals surface area contributed by atoms with Crippen LogP contribution in [0.2, 0.25) is 0 Å². The number of alkyl carbamates (subject to hydrolysis) is 1. The Kier molecular flexibility index (Phi) is 9.34. The molecule has 0 fully saturated rings. The Labute approximate surface area is 154 Å². The number of ether oxygens (including phenoxy) is 2. The lowest BCUT2D eigenvalue weighted by molar-refractivity contribution is -0.139. The van der Waals surface area contributed by atoms with Crippen LogP contribution in [0.1, 0.15) is 25.8 Å². The summed E-state index contributed by atoms with van der Waals surface area (Å²) in [6.07, 6.45) is -0.337. The first-order valence-corrected chi connectivity index (χ1v) is 9.94. The highest BCUT2D eigenvalue weighted by atomic mass is 31.2. The summed E-state index contributed by atoms with van der Waals surface area (Å²) in [7, 11) is -1.06. The Morgan fingerprint density at radius 2 is 1.81 bits per heavy atom. The van der Waals surface area contributed by atoms with Crippen LogP contribution < -0.4 is 10.4 Å². The quantitative estimate of drug-likeness (QED) is 0.471. The van der Waals surface area contributed by atoms with E-state index in [1.54, 1.807) is 0 Å². The van der Waals surface area contributed by atoms with E-state index in [2.05, 4.69) is 15.1 Å². The van der Waals surface area contributed by atoms with Gasteiger partial charge in [-0.15, -0.1) is 0 Å². The van der Waals surface area contributed by atoms with Crippen LogP contribution in [0.15, 0.2) is 30.3 Å². The molecular formula is C17H27N2O6P. The highest BCUT2D eigenvalue weighted by molar-refractivity contribution is 7.57. The molecule has 0 spiro atoms. The van der Waals surface area contributed by atoms with Crippen LogP contribution in [-0.4, -0.2) is 38.6 Å². The maximum Gasteiger partial charge on any atom is 0.408 e. The lowest BCUT2D eigenvalue weighted by Crippen LogP contribution is -2.40. The number of rotatable bonds is 10. The lowest BCUT2D eigenvalue weighted by atomic mass is 10.1. The summed E-state index contributed by atoms with van der Waals surface area (Å²) in [5, 5.41) is 5.16. The molecule has 0 aliphatic rings. The van der Waals surface area contributed by atoms with Crippen molar-refractivity contribution in [2.24, 2.45) is 5.92 Å². The van der Waals surface area contributed by atoms with Gasteiger partial charge in [-0.1, -0.05) is 44.2 Å². The summed E-state index contributed by atoms with van der Waals surface area (Å²) in [5.41, 5.74) is 0.835. The second-order valence-electron chi connectivity index (χ2n) is 6.04. The van der Waals surface area contributed by atoms with Gasteiger partial charge < -0.3 is 19.3 Å². The van der Waals surface area contributed by atoms with E-state index in [0.29, 0.717) is 6.42 Å². The SMILES string of the molecule is COC(=O)CNP(=O)(OC)C(CC(C)C)NC(=O)OCc1ccccc1. The van der Waals surface area contributed by atoms with Crippen LogP contribution in [0.4, 0.5) is 4.79 Å². The number of carbonyl (C=O) groups is 2. The fourth-order valence-electron chi connectivity index (χ4n) is 2.18. The molecule has 9 heteroatoms. The van der Waals surface area contributed by atoms with Gasteiger partial charge >= 0.3 is 12.1 Å². The van der Waals surface area contributed by atoms with Crippen molar-refractivity contribution in [1.82, 2.24) is 10.4 Å². The summed E-state index contributed by atoms with van der Waals surface area (Å²) in [5.74, 6) is -1.31. The number of esters is 1. The van der Waals surface area contributed by atoms with Crippen molar-refractivity contribution >= 4 is 19.6 Å². The lowest BCUT2D eigenvalue weighted by Gasteiger charge is -2.28. The monoisotopic (exact) mass is 386 g/mol. The third kappa shape index (κ3) is 7.56. The van der Waals surface area contributed by atoms with E-state index >= 15 is 0 Å². The summed E-state index contributed by atoms with van der Waals surface area (Å²) in [6.45, 7) is 3.64. The van der Waals surface area contributed by atoms with Gasteiger partial charge in [-0.25, -0.2) is 9.88 Å². The number of methoxy groups -OCH3 is 1. The molecule has 0 aromatic heterocycles. The maximum atomic E-state index is 13.0. The Hall–Kier alpha value is -1.89. The molecular weight excluding hydrogens is 359 g/mol. The predicted molar refractivity (Wildman–Crippen MR) is 97.6 cm³/mol. The Morgan fingerprint density at radius 1 is 1.15 bits per heavy atom. The largest absolute Gasteiger partial charge is 0.468 e. The standard InChI is InChI=1S/C17H27N2O6P/c1-13(2)10-15(26(22,24-4)18-11-16(20)23-3)19-17(21)25-12-14-8-6-5-7-9-14/h5-9,13,15H,10-12H2,1-4H3,(H,18,22)(H,19,21). The van der Waals surface area contributed by atoms with E-state index in [1.807, 2.05) is 44.2 Å². The van der Waals surface area contributed by atoms with Gasteiger partial charge in [0.15, 0.2) is 0 Å². The van der Waals surface area contributed by atoms with E-state index < -0.39 is 25.4 Å². The molecule has 8 nitrogen and oxygen atoms in total. The van der Waals surface area contributed by atoms with Crippen LogP contribution in [-0.2, 0) is 30.0 Å². The van der Waals surface area contributed by atoms with Crippen molar-refractivity contribution in [1.29, 1.82) is 0 Å². The number of hydrogen-bond donors (Lipinski definition) is 2. The first-order chi connectivity index (χ1) is 12.3. The fourth-order valence-corrected chi connectivity index (χ4v) is 4.11. The molecule has 1 aromatic rings. The normalized spacial score (nSPS) is 14.3. The van der Waals surface area contributed by atoms with E-state index in [0.717, 1.165) is 5.56 Å². The second-order valence-corrected chi connectivity index (χ2v) is 8.54. The zero-order chi connectivity index (χ0) is 19.6. The molecule has 2 unspecified atom stereocenters. The first kappa shape index (κ1) is 22.2. The zero-order valence-corrected chi connectivity index (χ0v) is 16.5. The Balaban J connectivity index is 2.75. The molecule has 2 N–H and O–H groups in total. The predicted octanol–water partition coefficient (Wildman–Crippen LogP) is 2.89. The van der Waals surface area contributed by atoms with Crippen molar-refractivity contribution in [3.8, 4) is 0 Å². The Morgan fingerprint density at radius 3 is 2.35 bits per heavy atom. The molecule has 0 aliphatic heterocycles. The molecule has 0 bridgehead atoms. The third-order valence-corrected chi connectivity index (χ3v) is 5.85. The minimum atomic E-state index is -3.54. The second kappa shape index (κ2) is 11.0. The van der Waals surface area contributed by atoms with Gasteiger partial charge in [0.25, 0.3) is 7.52 Å². The number of nitrogens with one attached hydrogen (secondary N) is 2. The molecule has 0 heterocycles. The van der Waals surface area contributed by atoms with Crippen molar-refractivity contribution in [3.05, 3.63) is 35.9 Å². The van der Waals surface area contributed by atoms with Crippen LogP contribution in [0.3, 0.4) is 0 Å². The molecule has 26 heavy (non-hydrogen) atoms. The van der Waals surface area contributed by atoms with Crippen LogP contribution in [0.5, 0.6) is 0 Å². The van der Waals surface area contributed by atoms with Crippen molar-refractivity contribution < 1.29 is 28.2 Å². The van der Waals surface area contributed by atoms with E-state index in [-0.39, 0.29) is 19.1 Å². The molecule has 146 valence electrons. The van der Waals surface area contributed by atoms with Crippen LogP contribution in [0, 0.1) is 5.92 Å².